The SMILES string of the molecule is Cn1cc(NC(=O)NC(c2nccn2C)c2nccn2C)c(C2CCCCC2)n1. The summed E-state index contributed by atoms with van der Waals surface area (Å²) < 4.78 is 5.54. The molecule has 0 aromatic carbocycles. The van der Waals surface area contributed by atoms with Crippen molar-refractivity contribution in [1.29, 1.82) is 0 Å². The van der Waals surface area contributed by atoms with Gasteiger partial charge in [-0.3, -0.25) is 4.68 Å². The highest BCUT2D eigenvalue weighted by atomic mass is 16.2. The maximum Gasteiger partial charge on any atom is 0.320 e. The monoisotopic (exact) mass is 396 g/mol. The van der Waals surface area contributed by atoms with Crippen molar-refractivity contribution < 1.29 is 4.79 Å². The number of amides is 2. The molecule has 2 N–H and O–H groups in total. The Morgan fingerprint density at radius 1 is 1.03 bits per heavy atom. The third kappa shape index (κ3) is 4.03. The first-order valence-electron chi connectivity index (χ1n) is 10.1. The quantitative estimate of drug-likeness (QED) is 0.693. The van der Waals surface area contributed by atoms with E-state index in [0.29, 0.717) is 17.6 Å². The van der Waals surface area contributed by atoms with Crippen molar-refractivity contribution in [3.8, 4) is 0 Å². The van der Waals surface area contributed by atoms with Gasteiger partial charge < -0.3 is 19.8 Å². The van der Waals surface area contributed by atoms with Crippen molar-refractivity contribution >= 4 is 11.7 Å². The average Bonchev–Trinajstić information content (AvgIpc) is 3.41. The van der Waals surface area contributed by atoms with Crippen molar-refractivity contribution in [1.82, 2.24) is 34.2 Å². The van der Waals surface area contributed by atoms with Gasteiger partial charge in [-0.15, -0.1) is 0 Å². The van der Waals surface area contributed by atoms with E-state index in [9.17, 15) is 4.79 Å². The molecule has 0 saturated heterocycles. The Hall–Kier alpha value is -3.10. The molecule has 1 aliphatic rings. The summed E-state index contributed by atoms with van der Waals surface area (Å²) in [7, 11) is 5.69. The molecule has 4 rings (SSSR count). The first kappa shape index (κ1) is 19.2. The van der Waals surface area contributed by atoms with Crippen LogP contribution in [0.5, 0.6) is 0 Å². The fourth-order valence-corrected chi connectivity index (χ4v) is 4.12. The van der Waals surface area contributed by atoms with Crippen molar-refractivity contribution in [2.75, 3.05) is 5.32 Å². The number of urea groups is 1. The Morgan fingerprint density at radius 3 is 2.21 bits per heavy atom. The standard InChI is InChI=1S/C20H28N8O/c1-26-11-9-21-18(26)17(19-22-10-12-27(19)2)24-20(29)23-15-13-28(3)25-16(15)14-7-5-4-6-8-14/h9-14,17H,4-8H2,1-3H3,(H2,23,24,29). The molecule has 0 radical (unpaired) electrons. The minimum absolute atomic E-state index is 0.300. The smallest absolute Gasteiger partial charge is 0.320 e. The van der Waals surface area contributed by atoms with Gasteiger partial charge in [0.15, 0.2) is 0 Å². The molecule has 9 nitrogen and oxygen atoms in total. The molecular formula is C20H28N8O. The van der Waals surface area contributed by atoms with Gasteiger partial charge in [-0.05, 0) is 12.8 Å². The van der Waals surface area contributed by atoms with E-state index in [2.05, 4.69) is 25.7 Å². The molecule has 0 aliphatic heterocycles. The summed E-state index contributed by atoms with van der Waals surface area (Å²) in [4.78, 5) is 21.8. The number of carbonyl (C=O) groups is 1. The number of aryl methyl sites for hydroxylation is 3. The third-order valence-corrected chi connectivity index (χ3v) is 5.61. The zero-order valence-electron chi connectivity index (χ0n) is 17.2. The normalized spacial score (nSPS) is 15.0. The zero-order valence-corrected chi connectivity index (χ0v) is 17.2. The van der Waals surface area contributed by atoms with Gasteiger partial charge in [0.25, 0.3) is 0 Å². The van der Waals surface area contributed by atoms with Crippen LogP contribution >= 0.6 is 0 Å². The van der Waals surface area contributed by atoms with Crippen LogP contribution in [0.15, 0.2) is 31.0 Å². The average molecular weight is 396 g/mol. The molecule has 1 saturated carbocycles. The Morgan fingerprint density at radius 2 is 1.66 bits per heavy atom. The van der Waals surface area contributed by atoms with Gasteiger partial charge in [0, 0.05) is 58.0 Å². The highest BCUT2D eigenvalue weighted by Crippen LogP contribution is 2.35. The molecule has 3 aromatic rings. The molecule has 0 bridgehead atoms. The summed E-state index contributed by atoms with van der Waals surface area (Å²) in [6.45, 7) is 0. The highest BCUT2D eigenvalue weighted by Gasteiger charge is 2.26. The van der Waals surface area contributed by atoms with Crippen LogP contribution < -0.4 is 10.6 Å². The predicted octanol–water partition coefficient (Wildman–Crippen LogP) is 2.85. The second-order valence-corrected chi connectivity index (χ2v) is 7.76. The van der Waals surface area contributed by atoms with Crippen molar-refractivity contribution in [2.45, 2.75) is 44.1 Å². The van der Waals surface area contributed by atoms with Crippen molar-refractivity contribution in [2.24, 2.45) is 21.1 Å². The summed E-state index contributed by atoms with van der Waals surface area (Å²) in [5, 5.41) is 10.7. The molecule has 3 aromatic heterocycles. The molecule has 0 unspecified atom stereocenters. The summed E-state index contributed by atoms with van der Waals surface area (Å²) in [6, 6.07) is -0.768. The molecule has 1 fully saturated rings. The lowest BCUT2D eigenvalue weighted by Crippen LogP contribution is -2.36. The van der Waals surface area contributed by atoms with Gasteiger partial charge in [-0.25, -0.2) is 14.8 Å². The molecule has 2 amide bonds. The summed E-state index contributed by atoms with van der Waals surface area (Å²) in [6.07, 6.45) is 15.0. The molecule has 9 heteroatoms. The van der Waals surface area contributed by atoms with E-state index in [1.165, 1.54) is 19.3 Å². The molecule has 0 atom stereocenters. The van der Waals surface area contributed by atoms with Gasteiger partial charge in [-0.2, -0.15) is 5.10 Å². The van der Waals surface area contributed by atoms with Gasteiger partial charge in [0.1, 0.15) is 17.7 Å². The fourth-order valence-electron chi connectivity index (χ4n) is 4.12. The number of anilines is 1. The van der Waals surface area contributed by atoms with Crippen molar-refractivity contribution in [3.63, 3.8) is 0 Å². The Balaban J connectivity index is 1.55. The summed E-state index contributed by atoms with van der Waals surface area (Å²) >= 11 is 0. The lowest BCUT2D eigenvalue weighted by molar-refractivity contribution is 0.249. The van der Waals surface area contributed by atoms with Crippen LogP contribution in [0.4, 0.5) is 10.5 Å². The Labute approximate surface area is 170 Å². The number of hydrogen-bond donors (Lipinski definition) is 2. The number of rotatable bonds is 5. The summed E-state index contributed by atoms with van der Waals surface area (Å²) in [5.41, 5.74) is 1.75. The Bertz CT molecular complexity index is 938. The maximum atomic E-state index is 12.9. The lowest BCUT2D eigenvalue weighted by atomic mass is 9.86. The second-order valence-electron chi connectivity index (χ2n) is 7.76. The molecule has 29 heavy (non-hydrogen) atoms. The molecule has 154 valence electrons. The lowest BCUT2D eigenvalue weighted by Gasteiger charge is -2.22. The number of hydrogen-bond acceptors (Lipinski definition) is 4. The minimum atomic E-state index is -0.468. The van der Waals surface area contributed by atoms with Gasteiger partial charge in [0.2, 0.25) is 0 Å². The molecule has 0 spiro atoms. The van der Waals surface area contributed by atoms with Crippen LogP contribution in [0.3, 0.4) is 0 Å². The van der Waals surface area contributed by atoms with E-state index in [-0.39, 0.29) is 6.03 Å². The Kier molecular flexibility index (Phi) is 5.37. The van der Waals surface area contributed by atoms with E-state index in [1.54, 1.807) is 17.1 Å². The van der Waals surface area contributed by atoms with Crippen LogP contribution in [0, 0.1) is 0 Å². The number of nitrogens with zero attached hydrogens (tertiary/aromatic N) is 6. The third-order valence-electron chi connectivity index (χ3n) is 5.61. The second kappa shape index (κ2) is 8.10. The fraction of sp³-hybridized carbons (Fsp3) is 0.500. The van der Waals surface area contributed by atoms with Crippen LogP contribution in [-0.2, 0) is 21.1 Å². The first-order chi connectivity index (χ1) is 14.0. The minimum Gasteiger partial charge on any atom is -0.336 e. The van der Waals surface area contributed by atoms with E-state index in [1.807, 2.05) is 48.9 Å². The van der Waals surface area contributed by atoms with E-state index in [4.69, 9.17) is 0 Å². The van der Waals surface area contributed by atoms with Crippen LogP contribution in [0.1, 0.15) is 61.4 Å². The van der Waals surface area contributed by atoms with E-state index < -0.39 is 6.04 Å². The number of imidazole rings is 2. The summed E-state index contributed by atoms with van der Waals surface area (Å²) in [5.74, 6) is 1.83. The number of carbonyl (C=O) groups excluding carboxylic acids is 1. The number of aromatic nitrogens is 6. The predicted molar refractivity (Wildman–Crippen MR) is 109 cm³/mol. The highest BCUT2D eigenvalue weighted by molar-refractivity contribution is 5.90. The first-order valence-corrected chi connectivity index (χ1v) is 10.1. The van der Waals surface area contributed by atoms with E-state index in [0.717, 1.165) is 24.2 Å². The van der Waals surface area contributed by atoms with E-state index >= 15 is 0 Å². The molecule has 3 heterocycles. The zero-order chi connectivity index (χ0) is 20.4. The molecule has 1 aliphatic carbocycles. The van der Waals surface area contributed by atoms with Gasteiger partial charge in [0.05, 0.1) is 11.4 Å². The molecular weight excluding hydrogens is 368 g/mol. The van der Waals surface area contributed by atoms with Gasteiger partial charge in [-0.1, -0.05) is 19.3 Å². The topological polar surface area (TPSA) is 94.6 Å². The maximum absolute atomic E-state index is 12.9. The van der Waals surface area contributed by atoms with Gasteiger partial charge >= 0.3 is 6.03 Å². The van der Waals surface area contributed by atoms with Crippen LogP contribution in [-0.4, -0.2) is 34.9 Å². The van der Waals surface area contributed by atoms with Crippen LogP contribution in [0.25, 0.3) is 0 Å². The van der Waals surface area contributed by atoms with Crippen molar-refractivity contribution in [3.05, 3.63) is 48.3 Å². The largest absolute Gasteiger partial charge is 0.336 e. The number of nitrogens with one attached hydrogen (secondary N) is 2. The van der Waals surface area contributed by atoms with Crippen LogP contribution in [0.2, 0.25) is 0 Å².